The molecule has 4 atom stereocenters. The Bertz CT molecular complexity index is 1180. The maximum absolute atomic E-state index is 11.0. The lowest BCUT2D eigenvalue weighted by molar-refractivity contribution is -0.000581. The second kappa shape index (κ2) is 12.5. The van der Waals surface area contributed by atoms with E-state index in [9.17, 15) is 30.6 Å². The van der Waals surface area contributed by atoms with Crippen molar-refractivity contribution < 1.29 is 49.6 Å². The van der Waals surface area contributed by atoms with Crippen molar-refractivity contribution in [2.45, 2.75) is 24.2 Å². The van der Waals surface area contributed by atoms with Gasteiger partial charge in [0.05, 0.1) is 40.6 Å². The van der Waals surface area contributed by atoms with E-state index in [2.05, 4.69) is 0 Å². The van der Waals surface area contributed by atoms with E-state index in [-0.39, 0.29) is 41.1 Å². The SMILES string of the molecule is COc1cc([C@H](O)[C@@H](CO)Oc2ccc([C@@H](O)[C@@H](CO)c3ccc(O)c(OC)c3)cc2OC)ccc1O. The third-order valence-corrected chi connectivity index (χ3v) is 6.09. The summed E-state index contributed by atoms with van der Waals surface area (Å²) in [5.74, 6) is -0.0881. The molecule has 0 aliphatic carbocycles. The average Bonchev–Trinajstić information content (AvgIpc) is 2.92. The molecule has 0 aromatic heterocycles. The van der Waals surface area contributed by atoms with Crippen molar-refractivity contribution in [2.24, 2.45) is 0 Å². The molecule has 0 radical (unpaired) electrons. The number of aliphatic hydroxyl groups excluding tert-OH is 4. The first-order valence-corrected chi connectivity index (χ1v) is 11.4. The van der Waals surface area contributed by atoms with Gasteiger partial charge in [-0.2, -0.15) is 0 Å². The van der Waals surface area contributed by atoms with E-state index >= 15 is 0 Å². The number of hydrogen-bond donors (Lipinski definition) is 6. The van der Waals surface area contributed by atoms with Gasteiger partial charge in [0.2, 0.25) is 0 Å². The first-order chi connectivity index (χ1) is 17.8. The predicted octanol–water partition coefficient (Wildman–Crippen LogP) is 2.41. The zero-order valence-corrected chi connectivity index (χ0v) is 20.7. The number of aliphatic hydroxyl groups is 4. The lowest BCUT2D eigenvalue weighted by atomic mass is 9.89. The molecule has 10 heteroatoms. The van der Waals surface area contributed by atoms with Crippen molar-refractivity contribution in [1.82, 2.24) is 0 Å². The second-order valence-corrected chi connectivity index (χ2v) is 8.29. The van der Waals surface area contributed by atoms with E-state index < -0.39 is 30.8 Å². The summed E-state index contributed by atoms with van der Waals surface area (Å²) in [4.78, 5) is 0. The second-order valence-electron chi connectivity index (χ2n) is 8.29. The van der Waals surface area contributed by atoms with Crippen LogP contribution in [0.5, 0.6) is 34.5 Å². The number of ether oxygens (including phenoxy) is 4. The van der Waals surface area contributed by atoms with Gasteiger partial charge >= 0.3 is 0 Å². The molecule has 0 amide bonds. The van der Waals surface area contributed by atoms with Gasteiger partial charge in [-0.15, -0.1) is 0 Å². The van der Waals surface area contributed by atoms with Gasteiger partial charge in [-0.1, -0.05) is 18.2 Å². The molecule has 0 fully saturated rings. The summed E-state index contributed by atoms with van der Waals surface area (Å²) in [5.41, 5.74) is 1.33. The molecule has 0 aliphatic heterocycles. The zero-order chi connectivity index (χ0) is 27.1. The Morgan fingerprint density at radius 2 is 1.08 bits per heavy atom. The number of aromatic hydroxyl groups is 2. The van der Waals surface area contributed by atoms with Crippen molar-refractivity contribution in [3.05, 3.63) is 71.3 Å². The molecule has 200 valence electrons. The number of rotatable bonds is 12. The number of phenols is 2. The summed E-state index contributed by atoms with van der Waals surface area (Å²) in [5, 5.41) is 61.4. The van der Waals surface area contributed by atoms with Gasteiger partial charge in [0.15, 0.2) is 40.6 Å². The minimum atomic E-state index is -1.27. The molecular formula is C27H32O10. The van der Waals surface area contributed by atoms with Crippen molar-refractivity contribution in [3.8, 4) is 34.5 Å². The maximum atomic E-state index is 11.0. The molecule has 0 unspecified atom stereocenters. The summed E-state index contributed by atoms with van der Waals surface area (Å²) in [6.45, 7) is -0.919. The Labute approximate surface area is 214 Å². The van der Waals surface area contributed by atoms with Crippen LogP contribution in [-0.4, -0.2) is 71.3 Å². The van der Waals surface area contributed by atoms with Crippen LogP contribution in [0.15, 0.2) is 54.6 Å². The number of hydrogen-bond acceptors (Lipinski definition) is 10. The van der Waals surface area contributed by atoms with Crippen LogP contribution in [0.2, 0.25) is 0 Å². The zero-order valence-electron chi connectivity index (χ0n) is 20.7. The van der Waals surface area contributed by atoms with E-state index in [0.29, 0.717) is 16.7 Å². The van der Waals surface area contributed by atoms with Gasteiger partial charge < -0.3 is 49.6 Å². The largest absolute Gasteiger partial charge is 0.504 e. The van der Waals surface area contributed by atoms with Crippen LogP contribution in [0, 0.1) is 0 Å². The van der Waals surface area contributed by atoms with Crippen molar-refractivity contribution >= 4 is 0 Å². The first kappa shape index (κ1) is 27.9. The fourth-order valence-corrected chi connectivity index (χ4v) is 3.97. The third-order valence-electron chi connectivity index (χ3n) is 6.09. The summed E-state index contributed by atoms with van der Waals surface area (Å²) >= 11 is 0. The van der Waals surface area contributed by atoms with Crippen LogP contribution >= 0.6 is 0 Å². The van der Waals surface area contributed by atoms with Gasteiger partial charge in [-0.25, -0.2) is 0 Å². The lowest BCUT2D eigenvalue weighted by Crippen LogP contribution is -2.29. The number of benzene rings is 3. The van der Waals surface area contributed by atoms with E-state index in [1.54, 1.807) is 18.2 Å². The number of phenolic OH excluding ortho intramolecular Hbond substituents is 2. The highest BCUT2D eigenvalue weighted by atomic mass is 16.5. The van der Waals surface area contributed by atoms with Gasteiger partial charge in [0.25, 0.3) is 0 Å². The van der Waals surface area contributed by atoms with Gasteiger partial charge in [0.1, 0.15) is 6.10 Å². The highest BCUT2D eigenvalue weighted by Gasteiger charge is 2.27. The standard InChI is InChI=1S/C27H32O10/c1-34-22-10-15(4-7-19(22)30)18(13-28)26(32)16-6-9-21(24(12-16)36-3)37-25(14-29)27(33)17-5-8-20(31)23(11-17)35-2/h4-12,18,25-33H,13-14H2,1-3H3/t18-,25+,26+,27-/m0/s1. The topological polar surface area (TPSA) is 158 Å². The molecule has 0 saturated carbocycles. The van der Waals surface area contributed by atoms with Crippen molar-refractivity contribution in [2.75, 3.05) is 34.5 Å². The van der Waals surface area contributed by atoms with E-state index in [4.69, 9.17) is 18.9 Å². The Kier molecular flexibility index (Phi) is 9.42. The molecule has 0 spiro atoms. The molecule has 0 heterocycles. The summed E-state index contributed by atoms with van der Waals surface area (Å²) in [6, 6.07) is 13.5. The molecule has 3 rings (SSSR count). The van der Waals surface area contributed by atoms with Gasteiger partial charge in [0, 0.05) is 5.92 Å². The Hall–Kier alpha value is -3.70. The lowest BCUT2D eigenvalue weighted by Gasteiger charge is -2.26. The molecule has 3 aromatic carbocycles. The summed E-state index contributed by atoms with van der Waals surface area (Å²) < 4.78 is 21.5. The predicted molar refractivity (Wildman–Crippen MR) is 134 cm³/mol. The van der Waals surface area contributed by atoms with Crippen LogP contribution in [0.25, 0.3) is 0 Å². The maximum Gasteiger partial charge on any atom is 0.161 e. The summed E-state index contributed by atoms with van der Waals surface area (Å²) in [6.07, 6.45) is -3.50. The minimum Gasteiger partial charge on any atom is -0.504 e. The Balaban J connectivity index is 1.85. The quantitative estimate of drug-likeness (QED) is 0.211. The molecule has 37 heavy (non-hydrogen) atoms. The molecule has 0 aliphatic rings. The van der Waals surface area contributed by atoms with Crippen LogP contribution in [0.3, 0.4) is 0 Å². The molecule has 6 N–H and O–H groups in total. The Morgan fingerprint density at radius 3 is 1.62 bits per heavy atom. The average molecular weight is 517 g/mol. The summed E-state index contributed by atoms with van der Waals surface area (Å²) in [7, 11) is 4.19. The van der Waals surface area contributed by atoms with Gasteiger partial charge in [-0.3, -0.25) is 0 Å². The smallest absolute Gasteiger partial charge is 0.161 e. The van der Waals surface area contributed by atoms with Gasteiger partial charge in [-0.05, 0) is 53.1 Å². The monoisotopic (exact) mass is 516 g/mol. The van der Waals surface area contributed by atoms with E-state index in [1.807, 2.05) is 0 Å². The van der Waals surface area contributed by atoms with Crippen molar-refractivity contribution in [3.63, 3.8) is 0 Å². The van der Waals surface area contributed by atoms with E-state index in [1.165, 1.54) is 57.7 Å². The van der Waals surface area contributed by atoms with Crippen LogP contribution in [0.1, 0.15) is 34.8 Å². The third kappa shape index (κ3) is 6.17. The fourth-order valence-electron chi connectivity index (χ4n) is 3.97. The highest BCUT2D eigenvalue weighted by Crippen LogP contribution is 2.39. The molecule has 3 aromatic rings. The normalized spacial score (nSPS) is 14.4. The Morgan fingerprint density at radius 1 is 0.595 bits per heavy atom. The fraction of sp³-hybridized carbons (Fsp3) is 0.333. The van der Waals surface area contributed by atoms with Crippen LogP contribution in [-0.2, 0) is 0 Å². The van der Waals surface area contributed by atoms with Crippen molar-refractivity contribution in [1.29, 1.82) is 0 Å². The molecular weight excluding hydrogens is 484 g/mol. The minimum absolute atomic E-state index is 0.0630. The van der Waals surface area contributed by atoms with Crippen LogP contribution in [0.4, 0.5) is 0 Å². The van der Waals surface area contributed by atoms with Crippen LogP contribution < -0.4 is 18.9 Å². The first-order valence-electron chi connectivity index (χ1n) is 11.4. The highest BCUT2D eigenvalue weighted by molar-refractivity contribution is 5.47. The van der Waals surface area contributed by atoms with E-state index in [0.717, 1.165) is 0 Å². The molecule has 0 bridgehead atoms. The molecule has 10 nitrogen and oxygen atoms in total. The number of methoxy groups -OCH3 is 3. The molecule has 0 saturated heterocycles.